The maximum atomic E-state index is 8.53. The molecule has 1 aromatic heterocycles. The number of nitrogens with zero attached hydrogens (tertiary/aromatic N) is 2. The molecule has 0 aliphatic heterocycles. The van der Waals surface area contributed by atoms with Crippen LogP contribution in [-0.2, 0) is 6.54 Å². The van der Waals surface area contributed by atoms with E-state index >= 15 is 0 Å². The molecule has 0 radical (unpaired) electrons. The van der Waals surface area contributed by atoms with Gasteiger partial charge < -0.3 is 4.55 Å². The van der Waals surface area contributed by atoms with Crippen LogP contribution in [0.4, 0.5) is 0 Å². The predicted octanol–water partition coefficient (Wildman–Crippen LogP) is 3.08. The van der Waals surface area contributed by atoms with Crippen LogP contribution in [0.15, 0.2) is 17.9 Å². The number of thioether (sulfide) groups is 1. The molecule has 0 bridgehead atoms. The summed E-state index contributed by atoms with van der Waals surface area (Å²) in [5.74, 6) is 0. The van der Waals surface area contributed by atoms with Crippen molar-refractivity contribution < 1.29 is 4.55 Å². The first-order chi connectivity index (χ1) is 7.81. The second-order valence-electron chi connectivity index (χ2n) is 2.38. The summed E-state index contributed by atoms with van der Waals surface area (Å²) in [4.78, 5) is 8.40. The minimum Gasteiger partial charge on any atom is -0.317 e. The van der Waals surface area contributed by atoms with Gasteiger partial charge in [0.1, 0.15) is 0 Å². The zero-order valence-electron chi connectivity index (χ0n) is 9.73. The summed E-state index contributed by atoms with van der Waals surface area (Å²) in [6, 6.07) is 0. The molecule has 1 aromatic rings. The van der Waals surface area contributed by atoms with Gasteiger partial charge in [-0.1, -0.05) is 32.2 Å². The molecule has 0 aliphatic carbocycles. The van der Waals surface area contributed by atoms with Gasteiger partial charge in [0.15, 0.2) is 5.16 Å². The fourth-order valence-corrected chi connectivity index (χ4v) is 1.49. The second-order valence-corrected chi connectivity index (χ2v) is 3.63. The Bertz CT molecular complexity index is 321. The van der Waals surface area contributed by atoms with E-state index in [1.165, 1.54) is 11.8 Å². The third-order valence-electron chi connectivity index (χ3n) is 1.58. The van der Waals surface area contributed by atoms with Gasteiger partial charge in [0.2, 0.25) is 0 Å². The molecule has 1 rings (SSSR count). The highest BCUT2D eigenvalue weighted by Crippen LogP contribution is 2.13. The van der Waals surface area contributed by atoms with E-state index in [0.717, 1.165) is 16.4 Å². The van der Waals surface area contributed by atoms with Crippen LogP contribution in [0.1, 0.15) is 25.1 Å². The molecule has 0 amide bonds. The molecular weight excluding hydrogens is 242 g/mol. The van der Waals surface area contributed by atoms with Crippen LogP contribution < -0.4 is 4.72 Å². The van der Waals surface area contributed by atoms with E-state index in [9.17, 15) is 0 Å². The summed E-state index contributed by atoms with van der Waals surface area (Å²) in [7, 11) is 0. The van der Waals surface area contributed by atoms with E-state index in [1.54, 1.807) is 12.3 Å². The summed E-state index contributed by atoms with van der Waals surface area (Å²) < 4.78 is 11.2. The first-order valence-electron chi connectivity index (χ1n) is 4.87. The molecule has 0 aromatic carbocycles. The van der Waals surface area contributed by atoms with E-state index in [-0.39, 0.29) is 0 Å². The fraction of sp³-hybridized carbons (Fsp3) is 0.400. The van der Waals surface area contributed by atoms with Gasteiger partial charge in [0.25, 0.3) is 0 Å². The molecule has 0 aliphatic rings. The summed E-state index contributed by atoms with van der Waals surface area (Å²) >= 11 is 2.07. The van der Waals surface area contributed by atoms with Crippen LogP contribution >= 0.6 is 24.0 Å². The lowest BCUT2D eigenvalue weighted by Gasteiger charge is -2.05. The zero-order valence-corrected chi connectivity index (χ0v) is 11.4. The Labute approximate surface area is 105 Å². The van der Waals surface area contributed by atoms with E-state index in [1.807, 2.05) is 20.1 Å². The molecule has 2 N–H and O–H groups in total. The van der Waals surface area contributed by atoms with E-state index in [4.69, 9.17) is 4.55 Å². The van der Waals surface area contributed by atoms with Crippen LogP contribution in [0.2, 0.25) is 0 Å². The first kappa shape index (κ1) is 15.4. The van der Waals surface area contributed by atoms with E-state index in [0.29, 0.717) is 18.8 Å². The number of rotatable bonds is 5. The van der Waals surface area contributed by atoms with Crippen LogP contribution in [0.3, 0.4) is 0 Å². The fourth-order valence-electron chi connectivity index (χ4n) is 0.924. The quantitative estimate of drug-likeness (QED) is 0.367. The third kappa shape index (κ3) is 4.98. The Morgan fingerprint density at radius 1 is 1.56 bits per heavy atom. The van der Waals surface area contributed by atoms with Crippen molar-refractivity contribution in [1.82, 2.24) is 14.7 Å². The number of aromatic nitrogens is 2. The Hall–Kier alpha value is -0.560. The molecule has 0 saturated carbocycles. The predicted molar refractivity (Wildman–Crippen MR) is 72.3 cm³/mol. The highest BCUT2D eigenvalue weighted by Gasteiger charge is 2.03. The lowest BCUT2D eigenvalue weighted by atomic mass is 10.2. The smallest absolute Gasteiger partial charge is 0.187 e. The number of nitrogens with one attached hydrogen (secondary N) is 1. The van der Waals surface area contributed by atoms with E-state index in [2.05, 4.69) is 21.3 Å². The SMILES string of the molecule is C=Cc1nc(SC)ncc1CNSO.CC. The average molecular weight is 259 g/mol. The maximum Gasteiger partial charge on any atom is 0.187 e. The Kier molecular flexibility index (Phi) is 9.31. The molecule has 16 heavy (non-hydrogen) atoms. The van der Waals surface area contributed by atoms with Gasteiger partial charge in [0.05, 0.1) is 17.9 Å². The van der Waals surface area contributed by atoms with Crippen molar-refractivity contribution in [2.75, 3.05) is 6.26 Å². The maximum absolute atomic E-state index is 8.53. The summed E-state index contributed by atoms with van der Waals surface area (Å²) in [6.07, 6.45) is 5.34. The standard InChI is InChI=1S/C8H11N3OS2.C2H6/c1-3-7-6(5-10-14-12)4-9-8(11-7)13-2;1-2/h3-4,10,12H,1,5H2,2H3;1-2H3. The third-order valence-corrected chi connectivity index (χ3v) is 2.41. The topological polar surface area (TPSA) is 58.0 Å². The molecule has 0 atom stereocenters. The molecule has 0 spiro atoms. The van der Waals surface area contributed by atoms with Gasteiger partial charge in [-0.3, -0.25) is 0 Å². The molecule has 0 unspecified atom stereocenters. The molecule has 0 saturated heterocycles. The van der Waals surface area contributed by atoms with Gasteiger partial charge in [0, 0.05) is 18.3 Å². The number of hydrogen-bond donors (Lipinski definition) is 2. The minimum atomic E-state index is 0.511. The molecule has 6 heteroatoms. The van der Waals surface area contributed by atoms with Crippen molar-refractivity contribution >= 4 is 30.1 Å². The van der Waals surface area contributed by atoms with Gasteiger partial charge >= 0.3 is 0 Å². The Balaban J connectivity index is 0.00000106. The number of hydrogen-bond acceptors (Lipinski definition) is 6. The normalized spacial score (nSPS) is 9.25. The largest absolute Gasteiger partial charge is 0.317 e. The molecule has 0 fully saturated rings. The average Bonchev–Trinajstić information content (AvgIpc) is 2.38. The van der Waals surface area contributed by atoms with Crippen molar-refractivity contribution in [3.63, 3.8) is 0 Å². The van der Waals surface area contributed by atoms with Crippen LogP contribution in [-0.4, -0.2) is 20.8 Å². The molecule has 90 valence electrons. The van der Waals surface area contributed by atoms with Crippen LogP contribution in [0.25, 0.3) is 6.08 Å². The first-order valence-corrected chi connectivity index (χ1v) is 6.87. The molecular formula is C10H17N3OS2. The van der Waals surface area contributed by atoms with Crippen molar-refractivity contribution in [2.24, 2.45) is 0 Å². The van der Waals surface area contributed by atoms with Gasteiger partial charge in [-0.2, -0.15) is 0 Å². The minimum absolute atomic E-state index is 0.511. The van der Waals surface area contributed by atoms with Crippen molar-refractivity contribution in [3.8, 4) is 0 Å². The second kappa shape index (κ2) is 9.65. The van der Waals surface area contributed by atoms with Crippen molar-refractivity contribution in [2.45, 2.75) is 25.5 Å². The Morgan fingerprint density at radius 3 is 2.75 bits per heavy atom. The monoisotopic (exact) mass is 259 g/mol. The van der Waals surface area contributed by atoms with E-state index < -0.39 is 0 Å². The lowest BCUT2D eigenvalue weighted by molar-refractivity contribution is 0.648. The Morgan fingerprint density at radius 2 is 2.25 bits per heavy atom. The van der Waals surface area contributed by atoms with Gasteiger partial charge in [-0.25, -0.2) is 14.7 Å². The summed E-state index contributed by atoms with van der Waals surface area (Å²) in [5, 5.41) is 0.723. The summed E-state index contributed by atoms with van der Waals surface area (Å²) in [6.45, 7) is 8.19. The summed E-state index contributed by atoms with van der Waals surface area (Å²) in [5.41, 5.74) is 1.71. The van der Waals surface area contributed by atoms with Gasteiger partial charge in [-0.15, -0.1) is 0 Å². The molecule has 1 heterocycles. The highest BCUT2D eigenvalue weighted by atomic mass is 32.2. The van der Waals surface area contributed by atoms with Crippen LogP contribution in [0, 0.1) is 0 Å². The van der Waals surface area contributed by atoms with Crippen molar-refractivity contribution in [3.05, 3.63) is 24.0 Å². The lowest BCUT2D eigenvalue weighted by Crippen LogP contribution is -2.06. The highest BCUT2D eigenvalue weighted by molar-refractivity contribution is 7.98. The molecule has 4 nitrogen and oxygen atoms in total. The van der Waals surface area contributed by atoms with Crippen LogP contribution in [0.5, 0.6) is 0 Å². The van der Waals surface area contributed by atoms with Crippen molar-refractivity contribution in [1.29, 1.82) is 0 Å². The van der Waals surface area contributed by atoms with Gasteiger partial charge in [-0.05, 0) is 12.3 Å². The zero-order chi connectivity index (χ0) is 12.4.